The van der Waals surface area contributed by atoms with Crippen LogP contribution in [-0.4, -0.2) is 20.9 Å². The van der Waals surface area contributed by atoms with Crippen LogP contribution in [0.3, 0.4) is 0 Å². The zero-order valence-corrected chi connectivity index (χ0v) is 16.9. The lowest BCUT2D eigenvalue weighted by Gasteiger charge is -2.12. The summed E-state index contributed by atoms with van der Waals surface area (Å²) in [5.41, 5.74) is 1.87. The summed E-state index contributed by atoms with van der Waals surface area (Å²) < 4.78 is 27.6. The van der Waals surface area contributed by atoms with Crippen LogP contribution in [0.5, 0.6) is 0 Å². The predicted octanol–water partition coefficient (Wildman–Crippen LogP) is 4.30. The zero-order chi connectivity index (χ0) is 19.8. The molecule has 0 saturated carbocycles. The number of aryl methyl sites for hydroxylation is 1. The van der Waals surface area contributed by atoms with E-state index < -0.39 is 10.0 Å². The van der Waals surface area contributed by atoms with Gasteiger partial charge in [-0.2, -0.15) is 0 Å². The minimum atomic E-state index is -3.70. The van der Waals surface area contributed by atoms with Crippen molar-refractivity contribution in [2.24, 2.45) is 0 Å². The largest absolute Gasteiger partial charge is 0.352 e. The zero-order valence-electron chi connectivity index (χ0n) is 15.3. The van der Waals surface area contributed by atoms with Crippen LogP contribution in [0.4, 0.5) is 5.69 Å². The molecule has 2 N–H and O–H groups in total. The molecule has 1 aromatic heterocycles. The van der Waals surface area contributed by atoms with Crippen LogP contribution in [0.25, 0.3) is 0 Å². The third-order valence-electron chi connectivity index (χ3n) is 4.20. The quantitative estimate of drug-likeness (QED) is 0.513. The smallest absolute Gasteiger partial charge is 0.271 e. The highest BCUT2D eigenvalue weighted by Crippen LogP contribution is 2.22. The van der Waals surface area contributed by atoms with Crippen molar-refractivity contribution in [3.8, 4) is 0 Å². The van der Waals surface area contributed by atoms with E-state index in [1.165, 1.54) is 11.6 Å². The van der Waals surface area contributed by atoms with Gasteiger partial charge in [0, 0.05) is 6.54 Å². The van der Waals surface area contributed by atoms with Crippen LogP contribution in [0.15, 0.2) is 76.3 Å². The molecule has 1 heterocycles. The molecule has 5 nitrogen and oxygen atoms in total. The first-order chi connectivity index (χ1) is 13.6. The Kier molecular flexibility index (Phi) is 6.84. The molecule has 0 fully saturated rings. The van der Waals surface area contributed by atoms with Gasteiger partial charge < -0.3 is 5.32 Å². The van der Waals surface area contributed by atoms with Gasteiger partial charge in [-0.15, -0.1) is 11.3 Å². The molecule has 3 aromatic rings. The number of carbonyl (C=O) groups is 1. The van der Waals surface area contributed by atoms with Gasteiger partial charge in [0.05, 0.1) is 11.3 Å². The number of para-hydroxylation sites is 1. The highest BCUT2D eigenvalue weighted by Gasteiger charge is 2.19. The summed E-state index contributed by atoms with van der Waals surface area (Å²) in [5, 5.41) is 4.57. The fraction of sp³-hybridized carbons (Fsp3) is 0.190. The monoisotopic (exact) mass is 414 g/mol. The van der Waals surface area contributed by atoms with E-state index in [9.17, 15) is 13.2 Å². The highest BCUT2D eigenvalue weighted by atomic mass is 32.2. The molecule has 7 heteroatoms. The summed E-state index contributed by atoms with van der Waals surface area (Å²) in [7, 11) is -3.70. The van der Waals surface area contributed by atoms with E-state index in [4.69, 9.17) is 0 Å². The van der Waals surface area contributed by atoms with E-state index in [2.05, 4.69) is 22.2 Å². The fourth-order valence-electron chi connectivity index (χ4n) is 2.78. The van der Waals surface area contributed by atoms with Gasteiger partial charge in [0.25, 0.3) is 15.9 Å². The Labute approximate surface area is 169 Å². The van der Waals surface area contributed by atoms with Crippen LogP contribution in [-0.2, 0) is 16.4 Å². The molecule has 0 bridgehead atoms. The lowest BCUT2D eigenvalue weighted by Crippen LogP contribution is -2.26. The maximum Gasteiger partial charge on any atom is 0.271 e. The van der Waals surface area contributed by atoms with Crippen molar-refractivity contribution in [2.45, 2.75) is 23.5 Å². The minimum Gasteiger partial charge on any atom is -0.352 e. The average Bonchev–Trinajstić information content (AvgIpc) is 3.24. The molecule has 0 spiro atoms. The van der Waals surface area contributed by atoms with Crippen molar-refractivity contribution in [1.82, 2.24) is 5.32 Å². The second-order valence-corrected chi connectivity index (χ2v) is 9.14. The van der Waals surface area contributed by atoms with Gasteiger partial charge in [-0.3, -0.25) is 9.52 Å². The fourth-order valence-corrected chi connectivity index (χ4v) is 4.85. The third kappa shape index (κ3) is 5.43. The molecule has 28 heavy (non-hydrogen) atoms. The van der Waals surface area contributed by atoms with Crippen molar-refractivity contribution >= 4 is 33.0 Å². The molecule has 0 atom stereocenters. The molecular weight excluding hydrogens is 392 g/mol. The molecular formula is C21H22N2O3S2. The Balaban J connectivity index is 1.55. The summed E-state index contributed by atoms with van der Waals surface area (Å²) in [6.45, 7) is 0.539. The Bertz CT molecular complexity index is 1000. The van der Waals surface area contributed by atoms with Crippen molar-refractivity contribution in [3.63, 3.8) is 0 Å². The molecule has 0 aliphatic rings. The first-order valence-electron chi connectivity index (χ1n) is 9.04. The minimum absolute atomic E-state index is 0.212. The first-order valence-corrected chi connectivity index (χ1v) is 11.4. The summed E-state index contributed by atoms with van der Waals surface area (Å²) in [4.78, 5) is 12.5. The van der Waals surface area contributed by atoms with Crippen molar-refractivity contribution in [3.05, 3.63) is 83.2 Å². The average molecular weight is 415 g/mol. The molecule has 0 aliphatic heterocycles. The van der Waals surface area contributed by atoms with Crippen LogP contribution >= 0.6 is 11.3 Å². The topological polar surface area (TPSA) is 75.3 Å². The molecule has 0 unspecified atom stereocenters. The van der Waals surface area contributed by atoms with Gasteiger partial charge >= 0.3 is 0 Å². The number of hydrogen-bond acceptors (Lipinski definition) is 4. The van der Waals surface area contributed by atoms with Gasteiger partial charge in [0.15, 0.2) is 0 Å². The summed E-state index contributed by atoms with van der Waals surface area (Å²) in [6.07, 6.45) is 2.79. The highest BCUT2D eigenvalue weighted by molar-refractivity contribution is 7.94. The second kappa shape index (κ2) is 9.52. The Morgan fingerprint density at radius 1 is 0.893 bits per heavy atom. The molecule has 0 radical (unpaired) electrons. The van der Waals surface area contributed by atoms with Crippen LogP contribution < -0.4 is 10.0 Å². The van der Waals surface area contributed by atoms with Gasteiger partial charge in [0.1, 0.15) is 4.21 Å². The number of benzene rings is 2. The maximum atomic E-state index is 12.5. The Hall–Kier alpha value is -2.64. The molecule has 0 saturated heterocycles. The lowest BCUT2D eigenvalue weighted by molar-refractivity contribution is 0.0954. The Morgan fingerprint density at radius 2 is 1.64 bits per heavy atom. The molecule has 2 aromatic carbocycles. The van der Waals surface area contributed by atoms with E-state index in [-0.39, 0.29) is 15.8 Å². The molecule has 1 amide bonds. The van der Waals surface area contributed by atoms with Crippen LogP contribution in [0.1, 0.15) is 28.8 Å². The van der Waals surface area contributed by atoms with Crippen molar-refractivity contribution in [1.29, 1.82) is 0 Å². The van der Waals surface area contributed by atoms with E-state index in [0.717, 1.165) is 30.6 Å². The normalized spacial score (nSPS) is 11.1. The standard InChI is InChI=1S/C21H22N2O3S2/c24-21(22-15-7-6-11-17-9-2-1-3-10-17)18-12-4-5-13-19(18)23-28(25,26)20-14-8-16-27-20/h1-5,8-10,12-14,16,23H,6-7,11,15H2,(H,22,24). The number of carbonyl (C=O) groups excluding carboxylic acids is 1. The van der Waals surface area contributed by atoms with Crippen LogP contribution in [0, 0.1) is 0 Å². The van der Waals surface area contributed by atoms with Gasteiger partial charge in [-0.25, -0.2) is 8.42 Å². The summed E-state index contributed by atoms with van der Waals surface area (Å²) in [6, 6.07) is 20.0. The maximum absolute atomic E-state index is 12.5. The molecule has 146 valence electrons. The van der Waals surface area contributed by atoms with Gasteiger partial charge in [-0.05, 0) is 48.4 Å². The number of unbranched alkanes of at least 4 members (excludes halogenated alkanes) is 1. The predicted molar refractivity (Wildman–Crippen MR) is 113 cm³/mol. The third-order valence-corrected chi connectivity index (χ3v) is 6.96. The number of anilines is 1. The first kappa shape index (κ1) is 20.1. The number of hydrogen-bond donors (Lipinski definition) is 2. The number of amides is 1. The summed E-state index contributed by atoms with van der Waals surface area (Å²) >= 11 is 1.13. The number of rotatable bonds is 9. The lowest BCUT2D eigenvalue weighted by atomic mass is 10.1. The summed E-state index contributed by atoms with van der Waals surface area (Å²) in [5.74, 6) is -0.288. The SMILES string of the molecule is O=C(NCCCCc1ccccc1)c1ccccc1NS(=O)(=O)c1cccs1. The van der Waals surface area contributed by atoms with E-state index in [0.29, 0.717) is 12.1 Å². The number of sulfonamides is 1. The second-order valence-electron chi connectivity index (χ2n) is 6.28. The van der Waals surface area contributed by atoms with Crippen LogP contribution in [0.2, 0.25) is 0 Å². The molecule has 0 aliphatic carbocycles. The number of thiophene rings is 1. The number of nitrogens with one attached hydrogen (secondary N) is 2. The van der Waals surface area contributed by atoms with E-state index in [1.54, 1.807) is 35.7 Å². The Morgan fingerprint density at radius 3 is 2.39 bits per heavy atom. The van der Waals surface area contributed by atoms with Crippen molar-refractivity contribution in [2.75, 3.05) is 11.3 Å². The van der Waals surface area contributed by atoms with Gasteiger partial charge in [-0.1, -0.05) is 48.5 Å². The van der Waals surface area contributed by atoms with Crippen molar-refractivity contribution < 1.29 is 13.2 Å². The molecule has 3 rings (SSSR count). The van der Waals surface area contributed by atoms with E-state index >= 15 is 0 Å². The van der Waals surface area contributed by atoms with Gasteiger partial charge in [0.2, 0.25) is 0 Å². The van der Waals surface area contributed by atoms with E-state index in [1.807, 2.05) is 18.2 Å².